The molecule has 3 saturated heterocycles. The van der Waals surface area contributed by atoms with Gasteiger partial charge >= 0.3 is 6.03 Å². The van der Waals surface area contributed by atoms with Crippen LogP contribution in [0.25, 0.3) is 0 Å². The fourth-order valence-electron chi connectivity index (χ4n) is 4.68. The molecule has 4 rings (SSSR count). The van der Waals surface area contributed by atoms with Gasteiger partial charge in [0, 0.05) is 50.4 Å². The molecule has 2 atom stereocenters. The summed E-state index contributed by atoms with van der Waals surface area (Å²) in [6.45, 7) is 9.52. The van der Waals surface area contributed by atoms with Gasteiger partial charge < -0.3 is 19.0 Å². The monoisotopic (exact) mass is 403 g/mol. The van der Waals surface area contributed by atoms with Crippen LogP contribution in [0.3, 0.4) is 0 Å². The molecule has 3 aliphatic heterocycles. The van der Waals surface area contributed by atoms with Crippen molar-refractivity contribution in [3.8, 4) is 0 Å². The molecular weight excluding hydrogens is 370 g/mol. The van der Waals surface area contributed by atoms with Gasteiger partial charge in [-0.15, -0.1) is 0 Å². The lowest BCUT2D eigenvalue weighted by molar-refractivity contribution is -0.140. The molecule has 0 radical (unpaired) electrons. The van der Waals surface area contributed by atoms with E-state index >= 15 is 0 Å². The van der Waals surface area contributed by atoms with Gasteiger partial charge in [-0.25, -0.2) is 9.78 Å². The molecule has 2 amide bonds. The minimum atomic E-state index is -0.0253. The van der Waals surface area contributed by atoms with Crippen LogP contribution in [0.4, 0.5) is 4.79 Å². The Morgan fingerprint density at radius 3 is 2.59 bits per heavy atom. The zero-order chi connectivity index (χ0) is 20.6. The highest BCUT2D eigenvalue weighted by Crippen LogP contribution is 2.29. The number of urea groups is 1. The van der Waals surface area contributed by atoms with E-state index in [9.17, 15) is 9.59 Å². The van der Waals surface area contributed by atoms with Crippen molar-refractivity contribution in [1.29, 1.82) is 0 Å². The maximum atomic E-state index is 13.0. The van der Waals surface area contributed by atoms with Crippen molar-refractivity contribution in [2.24, 2.45) is 11.8 Å². The van der Waals surface area contributed by atoms with Crippen molar-refractivity contribution in [1.82, 2.24) is 14.8 Å². The maximum Gasteiger partial charge on any atom is 0.320 e. The Bertz CT molecular complexity index is 745. The van der Waals surface area contributed by atoms with Crippen LogP contribution in [0.1, 0.15) is 58.1 Å². The van der Waals surface area contributed by atoms with E-state index in [1.807, 2.05) is 16.0 Å². The number of hydrogen-bond acceptors (Lipinski definition) is 5. The third-order valence-corrected chi connectivity index (χ3v) is 6.52. The van der Waals surface area contributed by atoms with E-state index in [2.05, 4.69) is 25.8 Å². The summed E-state index contributed by atoms with van der Waals surface area (Å²) in [5.41, 5.74) is -0.0253. The van der Waals surface area contributed by atoms with Crippen molar-refractivity contribution in [3.05, 3.63) is 17.8 Å². The molecule has 7 nitrogen and oxygen atoms in total. The second kappa shape index (κ2) is 8.09. The molecule has 0 aromatic carbocycles. The standard InChI is InChI=1S/C22H33N3O4/c1-22(2,3)19-12-23-20(29-19)10-15-4-7-24(8-5-15)21(27)25-9-6-18-16(13-25)11-17(26)14-28-18/h12,15-16,18H,4-11,13-14H2,1-3H3/t16-,18+/m1/s1. The van der Waals surface area contributed by atoms with E-state index in [-0.39, 0.29) is 35.9 Å². The van der Waals surface area contributed by atoms with E-state index in [0.29, 0.717) is 18.9 Å². The summed E-state index contributed by atoms with van der Waals surface area (Å²) >= 11 is 0. The lowest BCUT2D eigenvalue weighted by Gasteiger charge is -2.43. The highest BCUT2D eigenvalue weighted by atomic mass is 16.5. The van der Waals surface area contributed by atoms with Gasteiger partial charge in [-0.05, 0) is 25.2 Å². The normalized spacial score (nSPS) is 26.5. The second-order valence-electron chi connectivity index (χ2n) is 9.87. The summed E-state index contributed by atoms with van der Waals surface area (Å²) in [5.74, 6) is 2.55. The summed E-state index contributed by atoms with van der Waals surface area (Å²) in [6, 6.07) is 0.117. The lowest BCUT2D eigenvalue weighted by atomic mass is 9.88. The van der Waals surface area contributed by atoms with Gasteiger partial charge in [0.15, 0.2) is 11.7 Å². The van der Waals surface area contributed by atoms with Crippen LogP contribution in [-0.2, 0) is 21.4 Å². The Balaban J connectivity index is 1.26. The van der Waals surface area contributed by atoms with Crippen LogP contribution in [-0.4, -0.2) is 65.5 Å². The molecule has 0 spiro atoms. The third-order valence-electron chi connectivity index (χ3n) is 6.52. The first kappa shape index (κ1) is 20.4. The molecule has 0 saturated carbocycles. The van der Waals surface area contributed by atoms with Crippen LogP contribution in [0.2, 0.25) is 0 Å². The van der Waals surface area contributed by atoms with Crippen LogP contribution in [0, 0.1) is 11.8 Å². The van der Waals surface area contributed by atoms with Gasteiger partial charge in [0.1, 0.15) is 12.4 Å². The molecular formula is C22H33N3O4. The van der Waals surface area contributed by atoms with Crippen molar-refractivity contribution >= 4 is 11.8 Å². The number of amides is 2. The number of carbonyl (C=O) groups excluding carboxylic acids is 2. The molecule has 0 unspecified atom stereocenters. The number of aromatic nitrogens is 1. The number of ether oxygens (including phenoxy) is 1. The summed E-state index contributed by atoms with van der Waals surface area (Å²) < 4.78 is 11.6. The smallest absolute Gasteiger partial charge is 0.320 e. The zero-order valence-corrected chi connectivity index (χ0v) is 17.9. The predicted molar refractivity (Wildman–Crippen MR) is 108 cm³/mol. The van der Waals surface area contributed by atoms with Crippen LogP contribution in [0.5, 0.6) is 0 Å². The van der Waals surface area contributed by atoms with Crippen molar-refractivity contribution in [2.75, 3.05) is 32.8 Å². The number of fused-ring (bicyclic) bond motifs is 1. The van der Waals surface area contributed by atoms with E-state index in [1.54, 1.807) is 0 Å². The fraction of sp³-hybridized carbons (Fsp3) is 0.773. The fourth-order valence-corrected chi connectivity index (χ4v) is 4.68. The van der Waals surface area contributed by atoms with Crippen LogP contribution < -0.4 is 0 Å². The average molecular weight is 404 g/mol. The molecule has 0 aliphatic carbocycles. The average Bonchev–Trinajstić information content (AvgIpc) is 3.16. The Hall–Kier alpha value is -1.89. The minimum absolute atomic E-state index is 0.0253. The predicted octanol–water partition coefficient (Wildman–Crippen LogP) is 3.03. The molecule has 3 aliphatic rings. The van der Waals surface area contributed by atoms with Crippen molar-refractivity contribution < 1.29 is 18.7 Å². The number of ketones is 1. The molecule has 0 bridgehead atoms. The molecule has 4 heterocycles. The number of nitrogens with zero attached hydrogens (tertiary/aromatic N) is 3. The lowest BCUT2D eigenvalue weighted by Crippen LogP contribution is -2.54. The second-order valence-corrected chi connectivity index (χ2v) is 9.87. The van der Waals surface area contributed by atoms with Crippen molar-refractivity contribution in [2.45, 2.75) is 64.4 Å². The summed E-state index contributed by atoms with van der Waals surface area (Å²) in [5, 5.41) is 0. The minimum Gasteiger partial charge on any atom is -0.445 e. The summed E-state index contributed by atoms with van der Waals surface area (Å²) in [4.78, 5) is 33.0. The SMILES string of the molecule is CC(C)(C)c1cnc(CC2CCN(C(=O)N3CC[C@@H]4OCC(=O)C[C@@H]4C3)CC2)o1. The van der Waals surface area contributed by atoms with Crippen molar-refractivity contribution in [3.63, 3.8) is 0 Å². The third kappa shape index (κ3) is 4.65. The topological polar surface area (TPSA) is 75.9 Å². The van der Waals surface area contributed by atoms with Gasteiger partial charge in [0.25, 0.3) is 0 Å². The summed E-state index contributed by atoms with van der Waals surface area (Å²) in [7, 11) is 0. The quantitative estimate of drug-likeness (QED) is 0.759. The van der Waals surface area contributed by atoms with E-state index < -0.39 is 0 Å². The Kier molecular flexibility index (Phi) is 5.69. The van der Waals surface area contributed by atoms with Gasteiger partial charge in [-0.3, -0.25) is 4.79 Å². The Morgan fingerprint density at radius 2 is 1.90 bits per heavy atom. The van der Waals surface area contributed by atoms with Crippen LogP contribution >= 0.6 is 0 Å². The molecule has 1 aromatic heterocycles. The van der Waals surface area contributed by atoms with Gasteiger partial charge in [0.05, 0.1) is 12.3 Å². The number of carbonyl (C=O) groups is 2. The largest absolute Gasteiger partial charge is 0.445 e. The first-order valence-electron chi connectivity index (χ1n) is 10.9. The number of rotatable bonds is 2. The first-order chi connectivity index (χ1) is 13.8. The van der Waals surface area contributed by atoms with Gasteiger partial charge in [-0.1, -0.05) is 20.8 Å². The van der Waals surface area contributed by atoms with E-state index in [4.69, 9.17) is 9.15 Å². The highest BCUT2D eigenvalue weighted by molar-refractivity contribution is 5.81. The maximum absolute atomic E-state index is 13.0. The highest BCUT2D eigenvalue weighted by Gasteiger charge is 2.38. The zero-order valence-electron chi connectivity index (χ0n) is 17.9. The van der Waals surface area contributed by atoms with Crippen LogP contribution in [0.15, 0.2) is 10.6 Å². The van der Waals surface area contributed by atoms with E-state index in [1.165, 1.54) is 0 Å². The Morgan fingerprint density at radius 1 is 1.17 bits per heavy atom. The first-order valence-corrected chi connectivity index (χ1v) is 10.9. The number of piperidine rings is 2. The summed E-state index contributed by atoms with van der Waals surface area (Å²) in [6.07, 6.45) is 6.15. The number of hydrogen-bond donors (Lipinski definition) is 0. The molecule has 29 heavy (non-hydrogen) atoms. The number of Topliss-reactive ketones (excluding diaryl/α,β-unsaturated/α-hetero) is 1. The molecule has 0 N–H and O–H groups in total. The van der Waals surface area contributed by atoms with E-state index in [0.717, 1.165) is 57.0 Å². The molecule has 7 heteroatoms. The molecule has 1 aromatic rings. The number of oxazole rings is 1. The van der Waals surface area contributed by atoms with Gasteiger partial charge in [-0.2, -0.15) is 0 Å². The Labute approximate surface area is 172 Å². The molecule has 3 fully saturated rings. The molecule has 160 valence electrons. The van der Waals surface area contributed by atoms with Gasteiger partial charge in [0.2, 0.25) is 0 Å². The number of likely N-dealkylation sites (tertiary alicyclic amines) is 2.